The number of allylic oxidation sites excluding steroid dienone is 4. The SMILES string of the molecule is CC1=CC(C)=[N+](Cc2ccc(C(F)(F)F)cc2)/C1=C1/C(=O)C(c2c(C)cc(C)n2Cc2ccc(C(F)(F)F)cc2)=C1O. The number of benzene rings is 2. The van der Waals surface area contributed by atoms with Crippen LogP contribution in [-0.2, 0) is 30.2 Å². The van der Waals surface area contributed by atoms with Crippen molar-refractivity contribution in [3.05, 3.63) is 122 Å². The van der Waals surface area contributed by atoms with Crippen LogP contribution < -0.4 is 0 Å². The summed E-state index contributed by atoms with van der Waals surface area (Å²) < 4.78 is 81.7. The van der Waals surface area contributed by atoms with Crippen LogP contribution in [-0.4, -0.2) is 25.7 Å². The van der Waals surface area contributed by atoms with Gasteiger partial charge in [0, 0.05) is 36.4 Å². The molecule has 1 aliphatic heterocycles. The van der Waals surface area contributed by atoms with Gasteiger partial charge in [0.25, 0.3) is 0 Å². The number of aliphatic hydroxyl groups excluding tert-OH is 1. The zero-order chi connectivity index (χ0) is 30.7. The van der Waals surface area contributed by atoms with Gasteiger partial charge in [-0.15, -0.1) is 0 Å². The molecule has 2 heterocycles. The van der Waals surface area contributed by atoms with Gasteiger partial charge in [0.05, 0.1) is 22.4 Å². The van der Waals surface area contributed by atoms with Crippen LogP contribution >= 0.6 is 0 Å². The van der Waals surface area contributed by atoms with Gasteiger partial charge in [0.15, 0.2) is 12.3 Å². The van der Waals surface area contributed by atoms with Crippen molar-refractivity contribution in [1.82, 2.24) is 4.57 Å². The Bertz CT molecular complexity index is 1730. The van der Waals surface area contributed by atoms with Gasteiger partial charge in [-0.2, -0.15) is 30.9 Å². The van der Waals surface area contributed by atoms with Gasteiger partial charge in [-0.05, 0) is 62.2 Å². The first-order chi connectivity index (χ1) is 19.6. The van der Waals surface area contributed by atoms with Crippen molar-refractivity contribution in [2.45, 2.75) is 53.1 Å². The van der Waals surface area contributed by atoms with E-state index in [1.807, 2.05) is 26.0 Å². The minimum atomic E-state index is -4.45. The first-order valence-corrected chi connectivity index (χ1v) is 13.1. The van der Waals surface area contributed by atoms with E-state index in [0.29, 0.717) is 22.5 Å². The zero-order valence-corrected chi connectivity index (χ0v) is 23.2. The number of ketones is 1. The molecule has 0 saturated heterocycles. The third-order valence-corrected chi connectivity index (χ3v) is 7.63. The number of alkyl halides is 6. The second-order valence-corrected chi connectivity index (χ2v) is 10.6. The Hall–Kier alpha value is -4.34. The summed E-state index contributed by atoms with van der Waals surface area (Å²) in [5.74, 6) is -0.595. The Kier molecular flexibility index (Phi) is 7.07. The van der Waals surface area contributed by atoms with E-state index in [0.717, 1.165) is 46.8 Å². The average molecular weight is 586 g/mol. The van der Waals surface area contributed by atoms with Crippen molar-refractivity contribution in [2.24, 2.45) is 0 Å². The first-order valence-electron chi connectivity index (χ1n) is 13.1. The van der Waals surface area contributed by atoms with Crippen LogP contribution in [0.1, 0.15) is 53.1 Å². The predicted octanol–water partition coefficient (Wildman–Crippen LogP) is 7.93. The Morgan fingerprint density at radius 1 is 0.786 bits per heavy atom. The number of carbonyl (C=O) groups excluding carboxylic acids is 1. The summed E-state index contributed by atoms with van der Waals surface area (Å²) in [6, 6.07) is 11.4. The molecular formula is C32H27F6N2O2+. The maximum Gasteiger partial charge on any atom is 0.416 e. The molecule has 3 aromatic rings. The Morgan fingerprint density at radius 2 is 1.31 bits per heavy atom. The van der Waals surface area contributed by atoms with E-state index in [2.05, 4.69) is 0 Å². The molecule has 0 saturated carbocycles. The van der Waals surface area contributed by atoms with E-state index >= 15 is 0 Å². The van der Waals surface area contributed by atoms with Crippen LogP contribution in [0.15, 0.2) is 83.3 Å². The van der Waals surface area contributed by atoms with Gasteiger partial charge in [-0.25, -0.2) is 0 Å². The van der Waals surface area contributed by atoms with Gasteiger partial charge >= 0.3 is 12.4 Å². The number of aliphatic hydroxyl groups is 1. The molecule has 10 heteroatoms. The van der Waals surface area contributed by atoms with Gasteiger partial charge in [0.1, 0.15) is 11.3 Å². The van der Waals surface area contributed by atoms with Crippen LogP contribution in [0.4, 0.5) is 26.3 Å². The number of Topliss-reactive ketones (excluding diaryl/α,β-unsaturated/α-hetero) is 1. The quantitative estimate of drug-likeness (QED) is 0.188. The summed E-state index contributed by atoms with van der Waals surface area (Å²) >= 11 is 0. The number of hydrogen-bond donors (Lipinski definition) is 1. The topological polar surface area (TPSA) is 45.2 Å². The van der Waals surface area contributed by atoms with Crippen LogP contribution in [0.25, 0.3) is 5.57 Å². The number of aryl methyl sites for hydroxylation is 2. The predicted molar refractivity (Wildman–Crippen MR) is 146 cm³/mol. The molecule has 2 aliphatic rings. The third kappa shape index (κ3) is 5.10. The van der Waals surface area contributed by atoms with Gasteiger partial charge in [0.2, 0.25) is 11.5 Å². The summed E-state index contributed by atoms with van der Waals surface area (Å²) in [7, 11) is 0. The Morgan fingerprint density at radius 3 is 1.81 bits per heavy atom. The van der Waals surface area contributed by atoms with E-state index in [4.69, 9.17) is 0 Å². The van der Waals surface area contributed by atoms with Crippen LogP contribution in [0, 0.1) is 13.8 Å². The zero-order valence-electron chi connectivity index (χ0n) is 23.2. The molecule has 218 valence electrons. The van der Waals surface area contributed by atoms with Gasteiger partial charge in [-0.1, -0.05) is 24.3 Å². The van der Waals surface area contributed by atoms with Crippen molar-refractivity contribution in [3.63, 3.8) is 0 Å². The Balaban J connectivity index is 1.51. The fraction of sp³-hybridized carbons (Fsp3) is 0.250. The molecule has 4 nitrogen and oxygen atoms in total. The van der Waals surface area contributed by atoms with E-state index in [-0.39, 0.29) is 30.0 Å². The van der Waals surface area contributed by atoms with Crippen LogP contribution in [0.3, 0.4) is 0 Å². The first kappa shape index (κ1) is 29.2. The highest BCUT2D eigenvalue weighted by molar-refractivity contribution is 6.39. The summed E-state index contributed by atoms with van der Waals surface area (Å²) in [6.07, 6.45) is -7.06. The summed E-state index contributed by atoms with van der Waals surface area (Å²) in [5, 5.41) is 11.3. The van der Waals surface area contributed by atoms with E-state index in [9.17, 15) is 36.2 Å². The molecule has 42 heavy (non-hydrogen) atoms. The molecule has 1 N–H and O–H groups in total. The molecule has 0 spiro atoms. The van der Waals surface area contributed by atoms with Crippen molar-refractivity contribution >= 4 is 17.1 Å². The number of carbonyl (C=O) groups is 1. The number of hydrogen-bond acceptors (Lipinski definition) is 2. The van der Waals surface area contributed by atoms with Crippen molar-refractivity contribution in [3.8, 4) is 0 Å². The highest BCUT2D eigenvalue weighted by atomic mass is 19.4. The third-order valence-electron chi connectivity index (χ3n) is 7.63. The minimum absolute atomic E-state index is 0.113. The second kappa shape index (κ2) is 10.2. The molecule has 0 unspecified atom stereocenters. The number of halogens is 6. The van der Waals surface area contributed by atoms with Crippen molar-refractivity contribution < 1.29 is 40.8 Å². The van der Waals surface area contributed by atoms with Crippen LogP contribution in [0.2, 0.25) is 0 Å². The van der Waals surface area contributed by atoms with Crippen molar-refractivity contribution in [2.75, 3.05) is 0 Å². The second-order valence-electron chi connectivity index (χ2n) is 10.6. The minimum Gasteiger partial charge on any atom is -0.506 e. The molecule has 0 atom stereocenters. The summed E-state index contributed by atoms with van der Waals surface area (Å²) in [6.45, 7) is 7.59. The van der Waals surface area contributed by atoms with E-state index in [1.165, 1.54) is 24.3 Å². The number of aromatic nitrogens is 1. The van der Waals surface area contributed by atoms with E-state index < -0.39 is 29.3 Å². The highest BCUT2D eigenvalue weighted by Gasteiger charge is 2.45. The molecule has 5 rings (SSSR count). The molecule has 0 amide bonds. The van der Waals surface area contributed by atoms with Gasteiger partial charge in [-0.3, -0.25) is 4.79 Å². The fourth-order valence-corrected chi connectivity index (χ4v) is 5.57. The molecule has 1 aromatic heterocycles. The number of rotatable bonds is 5. The largest absolute Gasteiger partial charge is 0.506 e. The molecule has 0 fully saturated rings. The fourth-order valence-electron chi connectivity index (χ4n) is 5.57. The highest BCUT2D eigenvalue weighted by Crippen LogP contribution is 2.43. The van der Waals surface area contributed by atoms with Crippen LogP contribution in [0.5, 0.6) is 0 Å². The molecule has 0 radical (unpaired) electrons. The maximum absolute atomic E-state index is 13.7. The lowest BCUT2D eigenvalue weighted by molar-refractivity contribution is -0.487. The summed E-state index contributed by atoms with van der Waals surface area (Å²) in [4.78, 5) is 13.7. The normalized spacial score (nSPS) is 17.8. The molecule has 1 aliphatic carbocycles. The van der Waals surface area contributed by atoms with Crippen molar-refractivity contribution in [1.29, 1.82) is 0 Å². The maximum atomic E-state index is 13.7. The van der Waals surface area contributed by atoms with Gasteiger partial charge < -0.3 is 9.67 Å². The van der Waals surface area contributed by atoms with E-state index in [1.54, 1.807) is 23.0 Å². The monoisotopic (exact) mass is 585 g/mol. The Labute approximate surface area is 238 Å². The molecular weight excluding hydrogens is 558 g/mol. The molecule has 2 aromatic carbocycles. The number of nitrogens with zero attached hydrogens (tertiary/aromatic N) is 2. The average Bonchev–Trinajstić information content (AvgIpc) is 3.32. The molecule has 0 bridgehead atoms. The summed E-state index contributed by atoms with van der Waals surface area (Å²) in [5.41, 5.74) is 3.83. The lowest BCUT2D eigenvalue weighted by atomic mass is 9.82. The smallest absolute Gasteiger partial charge is 0.416 e. The lowest BCUT2D eigenvalue weighted by Crippen LogP contribution is -2.28. The lowest BCUT2D eigenvalue weighted by Gasteiger charge is -2.24. The standard InChI is InChI=1S/C32H26F6N2O2/c1-17-13-19(3)39(15-21-5-9-23(10-6-21)31(33,34)35)27(17)25-29(41)26(30(25)42)28-18(2)14-20(4)40(28)16-22-7-11-24(12-8-22)32(36,37)38/h5-14H,15-16H2,1-4H3/p+1.